The van der Waals surface area contributed by atoms with Crippen LogP contribution in [0.3, 0.4) is 0 Å². The first-order valence-electron chi connectivity index (χ1n) is 12.9. The predicted molar refractivity (Wildman–Crippen MR) is 148 cm³/mol. The molecule has 0 spiro atoms. The number of rotatable bonds is 7. The van der Waals surface area contributed by atoms with E-state index in [-0.39, 0.29) is 10.8 Å². The van der Waals surface area contributed by atoms with E-state index in [1.807, 2.05) is 12.2 Å². The Morgan fingerprint density at radius 2 is 1.63 bits per heavy atom. The van der Waals surface area contributed by atoms with Crippen molar-refractivity contribution in [3.05, 3.63) is 95.2 Å². The summed E-state index contributed by atoms with van der Waals surface area (Å²) in [4.78, 5) is 2.42. The van der Waals surface area contributed by atoms with Gasteiger partial charge in [0.15, 0.2) is 5.71 Å². The molecule has 0 aliphatic carbocycles. The number of allylic oxidation sites excluding steroid dienone is 6. The first-order chi connectivity index (χ1) is 16.8. The van der Waals surface area contributed by atoms with Gasteiger partial charge in [0.05, 0.1) is 17.1 Å². The van der Waals surface area contributed by atoms with Crippen LogP contribution < -0.4 is 4.90 Å². The van der Waals surface area contributed by atoms with Gasteiger partial charge >= 0.3 is 0 Å². The summed E-state index contributed by atoms with van der Waals surface area (Å²) in [7, 11) is 0. The molecule has 0 fully saturated rings. The second kappa shape index (κ2) is 9.70. The number of nitriles is 1. The Kier molecular flexibility index (Phi) is 6.86. The maximum Gasteiger partial charge on any atom is 0.209 e. The van der Waals surface area contributed by atoms with E-state index in [0.717, 1.165) is 25.9 Å². The van der Waals surface area contributed by atoms with Crippen molar-refractivity contribution in [1.29, 1.82) is 5.26 Å². The van der Waals surface area contributed by atoms with Crippen molar-refractivity contribution in [3.8, 4) is 6.07 Å². The fourth-order valence-corrected chi connectivity index (χ4v) is 5.68. The zero-order valence-electron chi connectivity index (χ0n) is 22.1. The molecule has 0 atom stereocenters. The van der Waals surface area contributed by atoms with Crippen LogP contribution in [0.25, 0.3) is 0 Å². The van der Waals surface area contributed by atoms with E-state index in [1.54, 1.807) is 0 Å². The van der Waals surface area contributed by atoms with Gasteiger partial charge in [-0.3, -0.25) is 0 Å². The third-order valence-corrected chi connectivity index (χ3v) is 7.46. The van der Waals surface area contributed by atoms with Crippen molar-refractivity contribution in [1.82, 2.24) is 0 Å². The molecule has 0 unspecified atom stereocenters. The maximum absolute atomic E-state index is 9.98. The summed E-state index contributed by atoms with van der Waals surface area (Å²) in [6.07, 6.45) is 10.4. The molecule has 2 aromatic rings. The van der Waals surface area contributed by atoms with Gasteiger partial charge in [-0.15, -0.1) is 0 Å². The molecular weight excluding hydrogens is 426 g/mol. The first-order valence-corrected chi connectivity index (χ1v) is 12.9. The standard InChI is InChI=1S/C32H38N3/c1-7-21-34-27-15-11-9-13-25(27)31(3,4)29(34)19-17-24(23-33)18-20-30-32(5,6)26-14-10-12-16-28(26)35(30)22-8-2/h9-20H,7-8,21-22H2,1-6H3/q+1. The number of nitrogens with zero attached hydrogens (tertiary/aromatic N) is 3. The average molecular weight is 465 g/mol. The second-order valence-corrected chi connectivity index (χ2v) is 10.6. The minimum absolute atomic E-state index is 0.103. The van der Waals surface area contributed by atoms with E-state index in [1.165, 1.54) is 33.9 Å². The Labute approximate surface area is 211 Å². The topological polar surface area (TPSA) is 30.0 Å². The van der Waals surface area contributed by atoms with Crippen LogP contribution >= 0.6 is 0 Å². The lowest BCUT2D eigenvalue weighted by Crippen LogP contribution is -2.27. The molecule has 3 nitrogen and oxygen atoms in total. The molecular formula is C32H38N3+. The molecule has 0 amide bonds. The molecule has 0 aromatic heterocycles. The Morgan fingerprint density at radius 3 is 2.31 bits per heavy atom. The lowest BCUT2D eigenvalue weighted by molar-refractivity contribution is -0.437. The van der Waals surface area contributed by atoms with Gasteiger partial charge in [0.25, 0.3) is 0 Å². The summed E-state index contributed by atoms with van der Waals surface area (Å²) in [6.45, 7) is 15.5. The molecule has 2 heterocycles. The van der Waals surface area contributed by atoms with Crippen LogP contribution in [-0.4, -0.2) is 23.4 Å². The number of fused-ring (bicyclic) bond motifs is 2. The van der Waals surface area contributed by atoms with Gasteiger partial charge in [-0.2, -0.15) is 9.84 Å². The molecule has 4 rings (SSSR count). The summed E-state index contributed by atoms with van der Waals surface area (Å²) < 4.78 is 2.42. The van der Waals surface area contributed by atoms with Gasteiger partial charge in [-0.05, 0) is 50.1 Å². The summed E-state index contributed by atoms with van der Waals surface area (Å²) >= 11 is 0. The summed E-state index contributed by atoms with van der Waals surface area (Å²) in [5.41, 5.74) is 8.20. The lowest BCUT2D eigenvalue weighted by atomic mass is 9.81. The highest BCUT2D eigenvalue weighted by Gasteiger charge is 2.43. The number of hydrogen-bond acceptors (Lipinski definition) is 2. The number of anilines is 1. The molecule has 0 saturated carbocycles. The first kappa shape index (κ1) is 24.7. The van der Waals surface area contributed by atoms with E-state index in [9.17, 15) is 5.26 Å². The van der Waals surface area contributed by atoms with E-state index in [4.69, 9.17) is 0 Å². The van der Waals surface area contributed by atoms with Crippen LogP contribution in [-0.2, 0) is 10.8 Å². The van der Waals surface area contributed by atoms with E-state index in [2.05, 4.69) is 118 Å². The highest BCUT2D eigenvalue weighted by atomic mass is 15.2. The maximum atomic E-state index is 9.98. The van der Waals surface area contributed by atoms with Gasteiger partial charge in [0.1, 0.15) is 6.54 Å². The molecule has 0 N–H and O–H groups in total. The average Bonchev–Trinajstić information content (AvgIpc) is 3.19. The van der Waals surface area contributed by atoms with Crippen LogP contribution in [0, 0.1) is 11.3 Å². The van der Waals surface area contributed by atoms with Gasteiger partial charge < -0.3 is 4.90 Å². The number of benzene rings is 2. The summed E-state index contributed by atoms with van der Waals surface area (Å²) in [5, 5.41) is 9.98. The normalized spacial score (nSPS) is 19.4. The highest BCUT2D eigenvalue weighted by molar-refractivity contribution is 6.03. The molecule has 2 aliphatic rings. The molecule has 2 aliphatic heterocycles. The minimum atomic E-state index is -0.103. The van der Waals surface area contributed by atoms with Gasteiger partial charge in [-0.25, -0.2) is 0 Å². The highest BCUT2D eigenvalue weighted by Crippen LogP contribution is 2.47. The fourth-order valence-electron chi connectivity index (χ4n) is 5.68. The smallest absolute Gasteiger partial charge is 0.209 e. The molecule has 2 aromatic carbocycles. The van der Waals surface area contributed by atoms with Crippen molar-refractivity contribution in [2.45, 2.75) is 65.2 Å². The Bertz CT molecular complexity index is 1280. The largest absolute Gasteiger partial charge is 0.344 e. The SMILES string of the molecule is CCCN1/C(=C/C=C(C#N)/C=C/C2=[N+](CCC)c3ccccc3C2(C)C)C(C)(C)c2ccccc21. The minimum Gasteiger partial charge on any atom is -0.344 e. The van der Waals surface area contributed by atoms with Gasteiger partial charge in [0, 0.05) is 47.5 Å². The monoisotopic (exact) mass is 464 g/mol. The molecule has 3 heteroatoms. The van der Waals surface area contributed by atoms with Crippen molar-refractivity contribution in [2.75, 3.05) is 18.0 Å². The lowest BCUT2D eigenvalue weighted by Gasteiger charge is -2.26. The number of hydrogen-bond donors (Lipinski definition) is 0. The molecule has 180 valence electrons. The Morgan fingerprint density at radius 1 is 0.943 bits per heavy atom. The van der Waals surface area contributed by atoms with Crippen LogP contribution in [0.1, 0.15) is 65.5 Å². The van der Waals surface area contributed by atoms with Crippen molar-refractivity contribution in [2.24, 2.45) is 0 Å². The van der Waals surface area contributed by atoms with Crippen LogP contribution in [0.15, 0.2) is 84.1 Å². The van der Waals surface area contributed by atoms with Crippen LogP contribution in [0.4, 0.5) is 11.4 Å². The Balaban J connectivity index is 1.72. The number of para-hydroxylation sites is 2. The summed E-state index contributed by atoms with van der Waals surface area (Å²) in [6, 6.07) is 19.8. The Hall–Kier alpha value is -3.38. The van der Waals surface area contributed by atoms with E-state index in [0.29, 0.717) is 5.57 Å². The van der Waals surface area contributed by atoms with Crippen LogP contribution in [0.2, 0.25) is 0 Å². The zero-order valence-corrected chi connectivity index (χ0v) is 22.1. The van der Waals surface area contributed by atoms with E-state index < -0.39 is 0 Å². The second-order valence-electron chi connectivity index (χ2n) is 10.6. The van der Waals surface area contributed by atoms with Crippen molar-refractivity contribution < 1.29 is 4.58 Å². The van der Waals surface area contributed by atoms with Crippen molar-refractivity contribution in [3.63, 3.8) is 0 Å². The molecule has 0 bridgehead atoms. The van der Waals surface area contributed by atoms with E-state index >= 15 is 0 Å². The third kappa shape index (κ3) is 4.27. The molecule has 0 radical (unpaired) electrons. The predicted octanol–water partition coefficient (Wildman–Crippen LogP) is 7.57. The third-order valence-electron chi connectivity index (χ3n) is 7.46. The van der Waals surface area contributed by atoms with Gasteiger partial charge in [0.2, 0.25) is 5.69 Å². The quantitative estimate of drug-likeness (QED) is 0.240. The molecule has 0 saturated heterocycles. The van der Waals surface area contributed by atoms with Gasteiger partial charge in [-0.1, -0.05) is 64.1 Å². The molecule has 35 heavy (non-hydrogen) atoms. The van der Waals surface area contributed by atoms with Crippen molar-refractivity contribution >= 4 is 17.1 Å². The fraction of sp³-hybridized carbons (Fsp3) is 0.375. The zero-order chi connectivity index (χ0) is 25.2. The van der Waals surface area contributed by atoms with Crippen LogP contribution in [0.5, 0.6) is 0 Å². The summed E-state index contributed by atoms with van der Waals surface area (Å²) in [5.74, 6) is 0.